The summed E-state index contributed by atoms with van der Waals surface area (Å²) in [6.07, 6.45) is 1.65. The molecule has 0 aromatic heterocycles. The highest BCUT2D eigenvalue weighted by atomic mass is 16.5. The Morgan fingerprint density at radius 1 is 1.00 bits per heavy atom. The first-order chi connectivity index (χ1) is 11.1. The van der Waals surface area contributed by atoms with Crippen LogP contribution in [0.1, 0.15) is 36.3 Å². The van der Waals surface area contributed by atoms with Crippen molar-refractivity contribution in [1.82, 2.24) is 0 Å². The predicted octanol–water partition coefficient (Wildman–Crippen LogP) is 3.74. The number of aromatic hydroxyl groups is 2. The summed E-state index contributed by atoms with van der Waals surface area (Å²) in [4.78, 5) is 11.9. The van der Waals surface area contributed by atoms with E-state index >= 15 is 0 Å². The van der Waals surface area contributed by atoms with Gasteiger partial charge in [0, 0.05) is 29.9 Å². The molecular weight excluding hydrogens is 292 g/mol. The Morgan fingerprint density at radius 2 is 1.74 bits per heavy atom. The first-order valence-electron chi connectivity index (χ1n) is 7.67. The van der Waals surface area contributed by atoms with E-state index in [-0.39, 0.29) is 23.2 Å². The molecule has 2 aliphatic rings. The van der Waals surface area contributed by atoms with Crippen molar-refractivity contribution in [2.24, 2.45) is 0 Å². The molecule has 1 aliphatic carbocycles. The summed E-state index contributed by atoms with van der Waals surface area (Å²) in [7, 11) is 0. The van der Waals surface area contributed by atoms with Gasteiger partial charge in [0.05, 0.1) is 0 Å². The third-order valence-electron chi connectivity index (χ3n) is 4.52. The quantitative estimate of drug-likeness (QED) is 0.842. The average molecular weight is 308 g/mol. The van der Waals surface area contributed by atoms with Crippen molar-refractivity contribution < 1.29 is 19.7 Å². The molecule has 4 heteroatoms. The lowest BCUT2D eigenvalue weighted by atomic mass is 9.76. The third-order valence-corrected chi connectivity index (χ3v) is 4.52. The maximum atomic E-state index is 11.9. The number of Topliss-reactive ketones (excluding diaryl/α,β-unsaturated/α-hetero) is 1. The molecule has 4 nitrogen and oxygen atoms in total. The minimum atomic E-state index is 0.0901. The van der Waals surface area contributed by atoms with Crippen LogP contribution in [0.15, 0.2) is 48.0 Å². The molecule has 2 aromatic carbocycles. The van der Waals surface area contributed by atoms with E-state index in [2.05, 4.69) is 0 Å². The number of benzene rings is 2. The monoisotopic (exact) mass is 308 g/mol. The second-order valence-corrected chi connectivity index (χ2v) is 6.03. The van der Waals surface area contributed by atoms with E-state index in [0.717, 1.165) is 23.1 Å². The van der Waals surface area contributed by atoms with E-state index in [1.54, 1.807) is 42.5 Å². The fourth-order valence-corrected chi connectivity index (χ4v) is 3.42. The maximum Gasteiger partial charge on any atom is 0.137 e. The van der Waals surface area contributed by atoms with Crippen LogP contribution in [0.3, 0.4) is 0 Å². The number of allylic oxidation sites excluding steroid dienone is 1. The third kappa shape index (κ3) is 2.36. The van der Waals surface area contributed by atoms with Gasteiger partial charge in [0.15, 0.2) is 0 Å². The molecule has 2 N–H and O–H groups in total. The van der Waals surface area contributed by atoms with Gasteiger partial charge in [-0.2, -0.15) is 0 Å². The van der Waals surface area contributed by atoms with Crippen LogP contribution >= 0.6 is 0 Å². The van der Waals surface area contributed by atoms with Gasteiger partial charge in [-0.05, 0) is 54.5 Å². The Bertz CT molecular complexity index is 818. The second kappa shape index (κ2) is 5.16. The minimum absolute atomic E-state index is 0.0901. The van der Waals surface area contributed by atoms with Crippen LogP contribution in [-0.2, 0) is 4.79 Å². The summed E-state index contributed by atoms with van der Waals surface area (Å²) in [5, 5.41) is 19.3. The van der Waals surface area contributed by atoms with Gasteiger partial charge < -0.3 is 14.9 Å². The fraction of sp³-hybridized carbons (Fsp3) is 0.211. The Morgan fingerprint density at radius 3 is 2.52 bits per heavy atom. The molecular formula is C19H16O4. The SMILES string of the molecule is O=C1CC[C@H]2C(=C(c3ccc(O)cc3)Oc3ccc(O)cc32)C1. The van der Waals surface area contributed by atoms with Crippen molar-refractivity contribution in [3.05, 3.63) is 59.2 Å². The number of carbonyl (C=O) groups is 1. The Kier molecular flexibility index (Phi) is 3.11. The molecule has 4 rings (SSSR count). The molecule has 1 atom stereocenters. The van der Waals surface area contributed by atoms with E-state index < -0.39 is 0 Å². The normalized spacial score (nSPS) is 19.8. The van der Waals surface area contributed by atoms with Gasteiger partial charge in [-0.1, -0.05) is 0 Å². The van der Waals surface area contributed by atoms with Crippen molar-refractivity contribution >= 4 is 11.5 Å². The molecule has 0 unspecified atom stereocenters. The summed E-state index contributed by atoms with van der Waals surface area (Å²) in [5.74, 6) is 2.11. The van der Waals surface area contributed by atoms with E-state index in [1.165, 1.54) is 0 Å². The van der Waals surface area contributed by atoms with E-state index in [0.29, 0.717) is 24.4 Å². The van der Waals surface area contributed by atoms with Crippen LogP contribution in [0.2, 0.25) is 0 Å². The number of phenols is 2. The number of hydrogen-bond donors (Lipinski definition) is 2. The molecule has 1 heterocycles. The largest absolute Gasteiger partial charge is 0.508 e. The van der Waals surface area contributed by atoms with Crippen LogP contribution in [0.25, 0.3) is 5.76 Å². The maximum absolute atomic E-state index is 11.9. The van der Waals surface area contributed by atoms with Gasteiger partial charge >= 0.3 is 0 Å². The minimum Gasteiger partial charge on any atom is -0.508 e. The van der Waals surface area contributed by atoms with Crippen LogP contribution < -0.4 is 4.74 Å². The lowest BCUT2D eigenvalue weighted by molar-refractivity contribution is -0.119. The number of ether oxygens (including phenoxy) is 1. The predicted molar refractivity (Wildman–Crippen MR) is 85.4 cm³/mol. The smallest absolute Gasteiger partial charge is 0.137 e. The number of fused-ring (bicyclic) bond motifs is 3. The Labute approximate surface area is 133 Å². The molecule has 23 heavy (non-hydrogen) atoms. The highest BCUT2D eigenvalue weighted by Gasteiger charge is 2.34. The summed E-state index contributed by atoms with van der Waals surface area (Å²) >= 11 is 0. The summed E-state index contributed by atoms with van der Waals surface area (Å²) in [6, 6.07) is 11.9. The number of ketones is 1. The van der Waals surface area contributed by atoms with Gasteiger partial charge in [-0.25, -0.2) is 0 Å². The first kappa shape index (κ1) is 13.9. The van der Waals surface area contributed by atoms with Crippen molar-refractivity contribution in [3.8, 4) is 17.2 Å². The molecule has 1 fully saturated rings. The Balaban J connectivity index is 1.87. The number of rotatable bonds is 1. The van der Waals surface area contributed by atoms with Crippen LogP contribution in [-0.4, -0.2) is 16.0 Å². The van der Waals surface area contributed by atoms with E-state index in [1.807, 2.05) is 0 Å². The fourth-order valence-electron chi connectivity index (χ4n) is 3.42. The van der Waals surface area contributed by atoms with Crippen molar-refractivity contribution in [1.29, 1.82) is 0 Å². The van der Waals surface area contributed by atoms with Crippen LogP contribution in [0.4, 0.5) is 0 Å². The zero-order chi connectivity index (χ0) is 16.0. The van der Waals surface area contributed by atoms with Crippen molar-refractivity contribution in [3.63, 3.8) is 0 Å². The molecule has 0 amide bonds. The van der Waals surface area contributed by atoms with Crippen LogP contribution in [0.5, 0.6) is 17.2 Å². The highest BCUT2D eigenvalue weighted by Crippen LogP contribution is 2.48. The van der Waals surface area contributed by atoms with Gasteiger partial charge in [0.1, 0.15) is 28.8 Å². The van der Waals surface area contributed by atoms with Crippen molar-refractivity contribution in [2.45, 2.75) is 25.2 Å². The molecule has 0 radical (unpaired) electrons. The lowest BCUT2D eigenvalue weighted by Crippen LogP contribution is -2.22. The van der Waals surface area contributed by atoms with Gasteiger partial charge in [0.2, 0.25) is 0 Å². The second-order valence-electron chi connectivity index (χ2n) is 6.03. The van der Waals surface area contributed by atoms with Gasteiger partial charge in [-0.3, -0.25) is 4.79 Å². The number of hydrogen-bond acceptors (Lipinski definition) is 4. The van der Waals surface area contributed by atoms with E-state index in [9.17, 15) is 15.0 Å². The average Bonchev–Trinajstić information content (AvgIpc) is 2.55. The topological polar surface area (TPSA) is 66.8 Å². The summed E-state index contributed by atoms with van der Waals surface area (Å²) < 4.78 is 6.07. The molecule has 0 spiro atoms. The molecule has 1 saturated carbocycles. The summed E-state index contributed by atoms with van der Waals surface area (Å²) in [6.45, 7) is 0. The lowest BCUT2D eigenvalue weighted by Gasteiger charge is -2.33. The van der Waals surface area contributed by atoms with Crippen LogP contribution in [0, 0.1) is 0 Å². The molecule has 2 aromatic rings. The number of carbonyl (C=O) groups excluding carboxylic acids is 1. The van der Waals surface area contributed by atoms with E-state index in [4.69, 9.17) is 4.74 Å². The van der Waals surface area contributed by atoms with Crippen molar-refractivity contribution in [2.75, 3.05) is 0 Å². The standard InChI is InChI=1S/C19H16O4/c20-12-3-1-11(2-4-12)19-17-10-13(21)5-7-15(17)16-9-14(22)6-8-18(16)23-19/h1-4,6,8-9,15,20,22H,5,7,10H2/t15-/m1/s1. The Hall–Kier alpha value is -2.75. The van der Waals surface area contributed by atoms with Gasteiger partial charge in [0.25, 0.3) is 0 Å². The molecule has 0 saturated heterocycles. The molecule has 0 bridgehead atoms. The molecule has 1 aliphatic heterocycles. The first-order valence-corrected chi connectivity index (χ1v) is 7.67. The zero-order valence-electron chi connectivity index (χ0n) is 12.5. The highest BCUT2D eigenvalue weighted by molar-refractivity contribution is 5.87. The molecule has 116 valence electrons. The summed E-state index contributed by atoms with van der Waals surface area (Å²) in [5.41, 5.74) is 2.75. The van der Waals surface area contributed by atoms with Gasteiger partial charge in [-0.15, -0.1) is 0 Å². The zero-order valence-corrected chi connectivity index (χ0v) is 12.5. The number of phenolic OH excluding ortho intramolecular Hbond substituents is 2.